The summed E-state index contributed by atoms with van der Waals surface area (Å²) in [5.74, 6) is 0.362. The van der Waals surface area contributed by atoms with Gasteiger partial charge in [0.1, 0.15) is 5.75 Å². The number of aryl methyl sites for hydroxylation is 1. The Morgan fingerprint density at radius 2 is 1.84 bits per heavy atom. The largest absolute Gasteiger partial charge is 0.508 e. The molecule has 0 aliphatic rings. The molecule has 2 aromatic carbocycles. The van der Waals surface area contributed by atoms with E-state index in [1.54, 1.807) is 6.07 Å². The molecule has 0 fully saturated rings. The highest BCUT2D eigenvalue weighted by atomic mass is 16.3. The van der Waals surface area contributed by atoms with Crippen molar-refractivity contribution in [2.75, 3.05) is 11.4 Å². The second-order valence-electron chi connectivity index (χ2n) is 4.86. The molecule has 0 aliphatic heterocycles. The highest BCUT2D eigenvalue weighted by Crippen LogP contribution is 2.31. The monoisotopic (exact) mass is 255 g/mol. The summed E-state index contributed by atoms with van der Waals surface area (Å²) in [4.78, 5) is 2.29. The summed E-state index contributed by atoms with van der Waals surface area (Å²) in [6, 6.07) is 16.2. The van der Waals surface area contributed by atoms with Crippen molar-refractivity contribution in [1.29, 1.82) is 0 Å². The van der Waals surface area contributed by atoms with Crippen LogP contribution in [0.2, 0.25) is 0 Å². The number of para-hydroxylation sites is 1. The Labute approximate surface area is 115 Å². The van der Waals surface area contributed by atoms with Gasteiger partial charge in [-0.05, 0) is 44.5 Å². The van der Waals surface area contributed by atoms with Crippen molar-refractivity contribution in [3.05, 3.63) is 59.7 Å². The Morgan fingerprint density at radius 1 is 1.11 bits per heavy atom. The molecule has 0 aromatic heterocycles. The molecule has 2 heteroatoms. The summed E-state index contributed by atoms with van der Waals surface area (Å²) in [6.07, 6.45) is 0. The Balaban J connectivity index is 2.35. The van der Waals surface area contributed by atoms with Crippen LogP contribution in [-0.4, -0.2) is 11.7 Å². The van der Waals surface area contributed by atoms with Crippen molar-refractivity contribution in [3.63, 3.8) is 0 Å². The summed E-state index contributed by atoms with van der Waals surface area (Å²) in [5, 5.41) is 10.0. The van der Waals surface area contributed by atoms with E-state index in [0.29, 0.717) is 5.75 Å². The number of aromatic hydroxyl groups is 1. The maximum absolute atomic E-state index is 10.0. The quantitative estimate of drug-likeness (QED) is 0.881. The lowest BCUT2D eigenvalue weighted by Gasteiger charge is -2.31. The number of nitrogens with zero attached hydrogens (tertiary/aromatic N) is 1. The molecule has 0 bridgehead atoms. The normalized spacial score (nSPS) is 12.2. The predicted molar refractivity (Wildman–Crippen MR) is 80.7 cm³/mol. The van der Waals surface area contributed by atoms with Crippen molar-refractivity contribution >= 4 is 5.69 Å². The molecule has 0 saturated carbocycles. The first-order chi connectivity index (χ1) is 9.13. The van der Waals surface area contributed by atoms with E-state index >= 15 is 0 Å². The Morgan fingerprint density at radius 3 is 2.47 bits per heavy atom. The number of rotatable bonds is 4. The van der Waals surface area contributed by atoms with Crippen molar-refractivity contribution in [1.82, 2.24) is 0 Å². The lowest BCUT2D eigenvalue weighted by atomic mass is 10.0. The number of benzene rings is 2. The first-order valence-corrected chi connectivity index (χ1v) is 6.74. The lowest BCUT2D eigenvalue weighted by molar-refractivity contribution is 0.461. The summed E-state index contributed by atoms with van der Waals surface area (Å²) in [7, 11) is 0. The van der Waals surface area contributed by atoms with Gasteiger partial charge in [-0.2, -0.15) is 0 Å². The van der Waals surface area contributed by atoms with Gasteiger partial charge >= 0.3 is 0 Å². The number of phenolic OH excluding ortho intramolecular Hbond substituents is 1. The molecule has 0 saturated heterocycles. The van der Waals surface area contributed by atoms with E-state index in [1.165, 1.54) is 11.3 Å². The van der Waals surface area contributed by atoms with Gasteiger partial charge in [0.25, 0.3) is 0 Å². The zero-order valence-electron chi connectivity index (χ0n) is 11.8. The summed E-state index contributed by atoms with van der Waals surface area (Å²) >= 11 is 0. The molecule has 0 heterocycles. The predicted octanol–water partition coefficient (Wildman–Crippen LogP) is 4.29. The molecule has 19 heavy (non-hydrogen) atoms. The minimum absolute atomic E-state index is 0.146. The Bertz CT molecular complexity index is 550. The van der Waals surface area contributed by atoms with Crippen LogP contribution in [0.1, 0.15) is 31.0 Å². The molecule has 0 amide bonds. The fraction of sp³-hybridized carbons (Fsp3) is 0.294. The van der Waals surface area contributed by atoms with E-state index in [4.69, 9.17) is 0 Å². The molecular weight excluding hydrogens is 234 g/mol. The van der Waals surface area contributed by atoms with Gasteiger partial charge in [-0.3, -0.25) is 0 Å². The average Bonchev–Trinajstić information content (AvgIpc) is 2.40. The van der Waals surface area contributed by atoms with Crippen LogP contribution in [0, 0.1) is 6.92 Å². The van der Waals surface area contributed by atoms with Gasteiger partial charge in [-0.1, -0.05) is 30.3 Å². The molecule has 1 unspecified atom stereocenters. The second kappa shape index (κ2) is 5.79. The smallest absolute Gasteiger partial charge is 0.120 e. The highest BCUT2D eigenvalue weighted by Gasteiger charge is 2.17. The highest BCUT2D eigenvalue weighted by molar-refractivity contribution is 5.51. The molecule has 0 aliphatic carbocycles. The molecule has 0 spiro atoms. The maximum atomic E-state index is 10.0. The molecule has 2 nitrogen and oxygen atoms in total. The molecule has 100 valence electrons. The van der Waals surface area contributed by atoms with Gasteiger partial charge in [0.15, 0.2) is 0 Å². The molecule has 0 radical (unpaired) electrons. The van der Waals surface area contributed by atoms with Crippen molar-refractivity contribution in [3.8, 4) is 5.75 Å². The van der Waals surface area contributed by atoms with Crippen LogP contribution in [-0.2, 0) is 0 Å². The Kier molecular flexibility index (Phi) is 4.10. The summed E-state index contributed by atoms with van der Waals surface area (Å²) in [5.41, 5.74) is 3.41. The number of phenols is 1. The van der Waals surface area contributed by atoms with E-state index in [2.05, 4.69) is 49.9 Å². The van der Waals surface area contributed by atoms with Crippen LogP contribution in [0.5, 0.6) is 5.75 Å². The summed E-state index contributed by atoms with van der Waals surface area (Å²) in [6.45, 7) is 7.26. The second-order valence-corrected chi connectivity index (χ2v) is 4.86. The molecule has 2 rings (SSSR count). The third kappa shape index (κ3) is 2.90. The fourth-order valence-corrected chi connectivity index (χ4v) is 2.50. The Hall–Kier alpha value is -1.96. The zero-order valence-corrected chi connectivity index (χ0v) is 11.8. The van der Waals surface area contributed by atoms with Crippen LogP contribution in [0.4, 0.5) is 5.69 Å². The van der Waals surface area contributed by atoms with E-state index in [0.717, 1.165) is 12.1 Å². The third-order valence-electron chi connectivity index (χ3n) is 3.53. The number of anilines is 1. The van der Waals surface area contributed by atoms with Crippen LogP contribution in [0.25, 0.3) is 0 Å². The zero-order chi connectivity index (χ0) is 13.8. The standard InChI is InChI=1S/C17H21NO/c1-4-18(15-9-7-8-13(2)12-15)14(3)16-10-5-6-11-17(16)19/h5-12,14,19H,4H2,1-3H3. The van der Waals surface area contributed by atoms with Gasteiger partial charge in [0.2, 0.25) is 0 Å². The van der Waals surface area contributed by atoms with E-state index in [-0.39, 0.29) is 6.04 Å². The van der Waals surface area contributed by atoms with Crippen molar-refractivity contribution in [2.24, 2.45) is 0 Å². The average molecular weight is 255 g/mol. The first kappa shape index (κ1) is 13.5. The minimum atomic E-state index is 0.146. The van der Waals surface area contributed by atoms with Gasteiger partial charge in [-0.25, -0.2) is 0 Å². The number of hydrogen-bond donors (Lipinski definition) is 1. The molecule has 2 aromatic rings. The van der Waals surface area contributed by atoms with Crippen molar-refractivity contribution < 1.29 is 5.11 Å². The number of hydrogen-bond acceptors (Lipinski definition) is 2. The molecule has 1 atom stereocenters. The van der Waals surface area contributed by atoms with Crippen molar-refractivity contribution in [2.45, 2.75) is 26.8 Å². The van der Waals surface area contributed by atoms with E-state index < -0.39 is 0 Å². The maximum Gasteiger partial charge on any atom is 0.120 e. The third-order valence-corrected chi connectivity index (χ3v) is 3.53. The van der Waals surface area contributed by atoms with Gasteiger partial charge in [0, 0.05) is 17.8 Å². The van der Waals surface area contributed by atoms with E-state index in [1.807, 2.05) is 18.2 Å². The van der Waals surface area contributed by atoms with Crippen LogP contribution in [0.15, 0.2) is 48.5 Å². The minimum Gasteiger partial charge on any atom is -0.508 e. The van der Waals surface area contributed by atoms with Crippen LogP contribution in [0.3, 0.4) is 0 Å². The van der Waals surface area contributed by atoms with E-state index in [9.17, 15) is 5.11 Å². The SMILES string of the molecule is CCN(c1cccc(C)c1)C(C)c1ccccc1O. The fourth-order valence-electron chi connectivity index (χ4n) is 2.50. The first-order valence-electron chi connectivity index (χ1n) is 6.74. The topological polar surface area (TPSA) is 23.5 Å². The van der Waals surface area contributed by atoms with Gasteiger partial charge in [-0.15, -0.1) is 0 Å². The van der Waals surface area contributed by atoms with Crippen LogP contribution >= 0.6 is 0 Å². The summed E-state index contributed by atoms with van der Waals surface area (Å²) < 4.78 is 0. The van der Waals surface area contributed by atoms with Crippen LogP contribution < -0.4 is 4.90 Å². The molecule has 1 N–H and O–H groups in total. The van der Waals surface area contributed by atoms with Gasteiger partial charge in [0.05, 0.1) is 6.04 Å². The van der Waals surface area contributed by atoms with Gasteiger partial charge < -0.3 is 10.0 Å². The molecular formula is C17H21NO. The lowest BCUT2D eigenvalue weighted by Crippen LogP contribution is -2.26.